The van der Waals surface area contributed by atoms with Crippen molar-refractivity contribution in [2.75, 3.05) is 0 Å². The molecule has 0 spiro atoms. The molecule has 0 aliphatic carbocycles. The molecule has 0 aromatic rings. The molecule has 2 rings (SSSR count). The lowest BCUT2D eigenvalue weighted by atomic mass is 10.7. The van der Waals surface area contributed by atoms with Crippen molar-refractivity contribution in [2.24, 2.45) is 0 Å². The summed E-state index contributed by atoms with van der Waals surface area (Å²) in [7, 11) is 0. The normalized spacial score (nSPS) is 24.0. The molecule has 2 aliphatic heterocycles. The second kappa shape index (κ2) is 5.26. The number of hydrogen-bond acceptors (Lipinski definition) is 7. The average Bonchev–Trinajstić information content (AvgIpc) is 2.84. The monoisotopic (exact) mass is 292 g/mol. The summed E-state index contributed by atoms with van der Waals surface area (Å²) in [5.41, 5.74) is 0. The molecule has 0 bridgehead atoms. The lowest BCUT2D eigenvalue weighted by molar-refractivity contribution is -0.131. The van der Waals surface area contributed by atoms with Crippen LogP contribution in [0.4, 0.5) is 0 Å². The second-order valence-corrected chi connectivity index (χ2v) is 6.80. The molecule has 2 heterocycles. The van der Waals surface area contributed by atoms with Crippen molar-refractivity contribution in [2.45, 2.75) is 0 Å². The number of hydrogen-bond donors (Lipinski definition) is 1. The summed E-state index contributed by atoms with van der Waals surface area (Å²) in [6.45, 7) is 0.378. The number of carbonyl (C=O) groups is 2. The third-order valence-electron chi connectivity index (χ3n) is 1.47. The van der Waals surface area contributed by atoms with E-state index in [1.54, 1.807) is 10.8 Å². The zero-order chi connectivity index (χ0) is 11.5. The first-order valence-electron chi connectivity index (χ1n) is 3.88. The van der Waals surface area contributed by atoms with Crippen LogP contribution < -0.4 is 0 Å². The Morgan fingerprint density at radius 1 is 1.25 bits per heavy atom. The molecule has 0 amide bonds. The van der Waals surface area contributed by atoms with Crippen LogP contribution in [0, 0.1) is 0 Å². The minimum Gasteiger partial charge on any atom is -0.477 e. The van der Waals surface area contributed by atoms with Gasteiger partial charge in [0.05, 0.1) is 8.47 Å². The van der Waals surface area contributed by atoms with E-state index in [0.717, 1.165) is 8.47 Å². The summed E-state index contributed by atoms with van der Waals surface area (Å²) in [6, 6.07) is 0. The Bertz CT molecular complexity index is 437. The summed E-state index contributed by atoms with van der Waals surface area (Å²) in [5.74, 6) is -0.918. The number of rotatable bonds is 3. The standard InChI is InChI=1S/C8H4O4S4/c9-3-12-5-2-14-8(16-5)7-13-1-4(15-7)6(10)11/h1-3H,(H,10,11)/b8-7+. The maximum Gasteiger partial charge on any atom is 0.343 e. The van der Waals surface area contributed by atoms with E-state index >= 15 is 0 Å². The zero-order valence-corrected chi connectivity index (χ0v) is 10.8. The Balaban J connectivity index is 2.02. The smallest absolute Gasteiger partial charge is 0.343 e. The van der Waals surface area contributed by atoms with Crippen LogP contribution in [0.5, 0.6) is 0 Å². The van der Waals surface area contributed by atoms with Crippen molar-refractivity contribution >= 4 is 59.5 Å². The molecule has 0 aromatic heterocycles. The number of carbonyl (C=O) groups excluding carboxylic acids is 1. The first-order chi connectivity index (χ1) is 7.70. The van der Waals surface area contributed by atoms with Crippen molar-refractivity contribution in [1.29, 1.82) is 0 Å². The van der Waals surface area contributed by atoms with Crippen LogP contribution in [0.1, 0.15) is 0 Å². The van der Waals surface area contributed by atoms with E-state index in [4.69, 9.17) is 9.84 Å². The quantitative estimate of drug-likeness (QED) is 0.797. The molecule has 2 aliphatic rings. The van der Waals surface area contributed by atoms with Gasteiger partial charge >= 0.3 is 5.97 Å². The molecular formula is C8H4O4S4. The van der Waals surface area contributed by atoms with Crippen molar-refractivity contribution < 1.29 is 19.4 Å². The van der Waals surface area contributed by atoms with Crippen molar-refractivity contribution in [3.63, 3.8) is 0 Å². The maximum absolute atomic E-state index is 10.7. The van der Waals surface area contributed by atoms with Crippen molar-refractivity contribution in [3.8, 4) is 0 Å². The Morgan fingerprint density at radius 3 is 2.56 bits per heavy atom. The molecule has 84 valence electrons. The Kier molecular flexibility index (Phi) is 3.95. The number of carboxylic acids is 1. The number of thioether (sulfide) groups is 4. The van der Waals surface area contributed by atoms with E-state index in [9.17, 15) is 9.59 Å². The Labute approximate surface area is 108 Å². The molecule has 0 fully saturated rings. The first kappa shape index (κ1) is 12.0. The van der Waals surface area contributed by atoms with Crippen LogP contribution in [-0.4, -0.2) is 17.5 Å². The largest absolute Gasteiger partial charge is 0.477 e. The highest BCUT2D eigenvalue weighted by molar-refractivity contribution is 8.33. The van der Waals surface area contributed by atoms with E-state index in [1.165, 1.54) is 47.0 Å². The zero-order valence-electron chi connectivity index (χ0n) is 7.54. The molecule has 0 aromatic carbocycles. The van der Waals surface area contributed by atoms with E-state index in [0.29, 0.717) is 16.5 Å². The molecule has 1 N–H and O–H groups in total. The van der Waals surface area contributed by atoms with Crippen LogP contribution in [0.25, 0.3) is 0 Å². The van der Waals surface area contributed by atoms with Gasteiger partial charge in [-0.1, -0.05) is 35.3 Å². The second-order valence-electron chi connectivity index (χ2n) is 2.45. The van der Waals surface area contributed by atoms with Gasteiger partial charge in [-0.25, -0.2) is 4.79 Å². The van der Waals surface area contributed by atoms with Gasteiger partial charge in [0.1, 0.15) is 4.91 Å². The minimum atomic E-state index is -0.918. The summed E-state index contributed by atoms with van der Waals surface area (Å²) < 4.78 is 6.56. The van der Waals surface area contributed by atoms with Crippen LogP contribution in [0.3, 0.4) is 0 Å². The van der Waals surface area contributed by atoms with Crippen LogP contribution >= 0.6 is 47.0 Å². The molecule has 0 unspecified atom stereocenters. The molecular weight excluding hydrogens is 288 g/mol. The van der Waals surface area contributed by atoms with E-state index in [-0.39, 0.29) is 0 Å². The third-order valence-corrected chi connectivity index (χ3v) is 6.59. The first-order valence-corrected chi connectivity index (χ1v) is 7.27. The van der Waals surface area contributed by atoms with Gasteiger partial charge in [-0.2, -0.15) is 0 Å². The SMILES string of the molecule is O=COC1=CS/C(=C2/SC=C(C(=O)O)S2)S1. The summed E-state index contributed by atoms with van der Waals surface area (Å²) in [5, 5.41) is 12.6. The highest BCUT2D eigenvalue weighted by atomic mass is 32.2. The van der Waals surface area contributed by atoms with Crippen LogP contribution in [0.2, 0.25) is 0 Å². The molecule has 0 atom stereocenters. The molecule has 4 nitrogen and oxygen atoms in total. The van der Waals surface area contributed by atoms with Crippen LogP contribution in [0.15, 0.2) is 29.3 Å². The van der Waals surface area contributed by atoms with Gasteiger partial charge in [-0.15, -0.1) is 0 Å². The van der Waals surface area contributed by atoms with E-state index in [2.05, 4.69) is 0 Å². The molecule has 8 heteroatoms. The van der Waals surface area contributed by atoms with Gasteiger partial charge in [-0.3, -0.25) is 4.79 Å². The molecule has 0 radical (unpaired) electrons. The fourth-order valence-corrected chi connectivity index (χ4v) is 5.30. The van der Waals surface area contributed by atoms with Crippen LogP contribution in [-0.2, 0) is 14.3 Å². The van der Waals surface area contributed by atoms with E-state index < -0.39 is 5.97 Å². The Morgan fingerprint density at radius 2 is 1.94 bits per heavy atom. The Hall–Kier alpha value is -0.440. The highest BCUT2D eigenvalue weighted by Gasteiger charge is 2.25. The molecule has 0 saturated heterocycles. The predicted molar refractivity (Wildman–Crippen MR) is 68.3 cm³/mol. The fourth-order valence-electron chi connectivity index (χ4n) is 0.869. The summed E-state index contributed by atoms with van der Waals surface area (Å²) >= 11 is 5.36. The number of ether oxygens (including phenoxy) is 1. The highest BCUT2D eigenvalue weighted by Crippen LogP contribution is 2.55. The van der Waals surface area contributed by atoms with E-state index in [1.807, 2.05) is 0 Å². The predicted octanol–water partition coefficient (Wildman–Crippen LogP) is 2.97. The maximum atomic E-state index is 10.7. The fraction of sp³-hybridized carbons (Fsp3) is 0. The lowest BCUT2D eigenvalue weighted by Gasteiger charge is -2.00. The van der Waals surface area contributed by atoms with Crippen molar-refractivity contribution in [1.82, 2.24) is 0 Å². The van der Waals surface area contributed by atoms with Crippen molar-refractivity contribution in [3.05, 3.63) is 29.3 Å². The van der Waals surface area contributed by atoms with Gasteiger partial charge in [0, 0.05) is 5.41 Å². The number of carboxylic acid groups (broad SMARTS) is 1. The summed E-state index contributed by atoms with van der Waals surface area (Å²) in [6.07, 6.45) is 0. The lowest BCUT2D eigenvalue weighted by Crippen LogP contribution is -1.92. The van der Waals surface area contributed by atoms with Gasteiger partial charge in [0.2, 0.25) is 0 Å². The minimum absolute atomic E-state index is 0.318. The van der Waals surface area contributed by atoms with Gasteiger partial charge in [0.25, 0.3) is 6.47 Å². The summed E-state index contributed by atoms with van der Waals surface area (Å²) in [4.78, 5) is 21.2. The topological polar surface area (TPSA) is 63.6 Å². The van der Waals surface area contributed by atoms with Gasteiger partial charge < -0.3 is 9.84 Å². The van der Waals surface area contributed by atoms with Gasteiger partial charge in [-0.05, 0) is 17.2 Å². The van der Waals surface area contributed by atoms with Gasteiger partial charge in [0.15, 0.2) is 5.09 Å². The molecule has 16 heavy (non-hydrogen) atoms. The number of aliphatic carboxylic acids is 1. The molecule has 0 saturated carbocycles. The average molecular weight is 292 g/mol. The third kappa shape index (κ3) is 2.62.